The number of nitrogens with zero attached hydrogens (tertiary/aromatic N) is 1. The molecule has 2 atom stereocenters. The van der Waals surface area contributed by atoms with E-state index in [-0.39, 0.29) is 0 Å². The Morgan fingerprint density at radius 3 is 2.59 bits per heavy atom. The fourth-order valence-corrected chi connectivity index (χ4v) is 3.56. The lowest BCUT2D eigenvalue weighted by Gasteiger charge is -2.36. The van der Waals surface area contributed by atoms with Gasteiger partial charge in [-0.3, -0.25) is 0 Å². The van der Waals surface area contributed by atoms with Gasteiger partial charge < -0.3 is 5.32 Å². The summed E-state index contributed by atoms with van der Waals surface area (Å²) in [6.45, 7) is 8.73. The van der Waals surface area contributed by atoms with E-state index in [1.165, 1.54) is 0 Å². The van der Waals surface area contributed by atoms with Gasteiger partial charge in [0.05, 0.1) is 0 Å². The minimum absolute atomic E-state index is 0.365. The number of piperidine rings is 1. The van der Waals surface area contributed by atoms with Gasteiger partial charge in [0, 0.05) is 25.7 Å². The van der Waals surface area contributed by atoms with Crippen molar-refractivity contribution >= 4 is 10.2 Å². The second kappa shape index (κ2) is 6.68. The van der Waals surface area contributed by atoms with E-state index in [1.54, 1.807) is 11.2 Å². The minimum atomic E-state index is -3.25. The van der Waals surface area contributed by atoms with E-state index in [9.17, 15) is 8.42 Å². The first-order chi connectivity index (χ1) is 8.01. The molecule has 5 nitrogen and oxygen atoms in total. The topological polar surface area (TPSA) is 61.4 Å². The van der Waals surface area contributed by atoms with E-state index in [2.05, 4.69) is 23.9 Å². The van der Waals surface area contributed by atoms with E-state index in [4.69, 9.17) is 0 Å². The Balaban J connectivity index is 2.51. The second-order valence-electron chi connectivity index (χ2n) is 4.69. The van der Waals surface area contributed by atoms with Crippen molar-refractivity contribution in [2.75, 3.05) is 26.2 Å². The molecule has 0 aliphatic carbocycles. The van der Waals surface area contributed by atoms with Crippen LogP contribution in [0.3, 0.4) is 0 Å². The Morgan fingerprint density at radius 2 is 2.06 bits per heavy atom. The Labute approximate surface area is 105 Å². The highest BCUT2D eigenvalue weighted by atomic mass is 32.2. The molecule has 0 aromatic rings. The summed E-state index contributed by atoms with van der Waals surface area (Å²) in [6, 6.07) is 0.447. The van der Waals surface area contributed by atoms with Crippen LogP contribution in [0.4, 0.5) is 0 Å². The first-order valence-corrected chi connectivity index (χ1v) is 7.93. The van der Waals surface area contributed by atoms with Gasteiger partial charge in [0.1, 0.15) is 0 Å². The monoisotopic (exact) mass is 263 g/mol. The van der Waals surface area contributed by atoms with Crippen molar-refractivity contribution in [2.45, 2.75) is 39.7 Å². The maximum absolute atomic E-state index is 11.8. The molecule has 102 valence electrons. The Kier molecular flexibility index (Phi) is 5.85. The zero-order valence-corrected chi connectivity index (χ0v) is 11.9. The predicted octanol–water partition coefficient (Wildman–Crippen LogP) is 0.551. The van der Waals surface area contributed by atoms with Crippen molar-refractivity contribution in [1.29, 1.82) is 0 Å². The van der Waals surface area contributed by atoms with Gasteiger partial charge in [-0.15, -0.1) is 0 Å². The van der Waals surface area contributed by atoms with Crippen LogP contribution in [0.25, 0.3) is 0 Å². The van der Waals surface area contributed by atoms with Gasteiger partial charge in [0.15, 0.2) is 0 Å². The summed E-state index contributed by atoms with van der Waals surface area (Å²) < 4.78 is 27.8. The summed E-state index contributed by atoms with van der Waals surface area (Å²) in [4.78, 5) is 0. The van der Waals surface area contributed by atoms with Crippen LogP contribution in [0.5, 0.6) is 0 Å². The molecule has 0 spiro atoms. The smallest absolute Gasteiger partial charge is 0.279 e. The van der Waals surface area contributed by atoms with E-state index >= 15 is 0 Å². The summed E-state index contributed by atoms with van der Waals surface area (Å²) in [7, 11) is -3.25. The highest BCUT2D eigenvalue weighted by Crippen LogP contribution is 2.18. The van der Waals surface area contributed by atoms with Gasteiger partial charge in [0.2, 0.25) is 0 Å². The summed E-state index contributed by atoms with van der Waals surface area (Å²) in [5, 5.41) is 3.48. The molecule has 17 heavy (non-hydrogen) atoms. The average Bonchev–Trinajstić information content (AvgIpc) is 2.27. The second-order valence-corrected chi connectivity index (χ2v) is 6.44. The highest BCUT2D eigenvalue weighted by Gasteiger charge is 2.31. The third-order valence-electron chi connectivity index (χ3n) is 3.19. The fourth-order valence-electron chi connectivity index (χ4n) is 2.23. The van der Waals surface area contributed by atoms with Crippen LogP contribution in [0.15, 0.2) is 0 Å². The average molecular weight is 263 g/mol. The summed E-state index contributed by atoms with van der Waals surface area (Å²) in [6.07, 6.45) is 2.01. The van der Waals surface area contributed by atoms with Gasteiger partial charge in [-0.25, -0.2) is 4.72 Å². The molecule has 1 aliphatic heterocycles. The fraction of sp³-hybridized carbons (Fsp3) is 1.00. The number of hydrogen-bond acceptors (Lipinski definition) is 3. The molecule has 1 heterocycles. The number of nitrogens with one attached hydrogen (secondary N) is 2. The molecule has 2 N–H and O–H groups in total. The third-order valence-corrected chi connectivity index (χ3v) is 4.86. The maximum atomic E-state index is 11.8. The van der Waals surface area contributed by atoms with E-state index < -0.39 is 10.2 Å². The van der Waals surface area contributed by atoms with Crippen LogP contribution in [-0.4, -0.2) is 44.9 Å². The molecule has 0 aromatic carbocycles. The lowest BCUT2D eigenvalue weighted by atomic mass is 9.95. The summed E-state index contributed by atoms with van der Waals surface area (Å²) >= 11 is 0. The van der Waals surface area contributed by atoms with Crippen molar-refractivity contribution in [2.24, 2.45) is 5.92 Å². The molecular formula is C11H25N3O2S. The van der Waals surface area contributed by atoms with E-state index in [0.29, 0.717) is 31.6 Å². The predicted molar refractivity (Wildman–Crippen MR) is 70.0 cm³/mol. The Hall–Kier alpha value is -0.170. The maximum Gasteiger partial charge on any atom is 0.279 e. The molecule has 1 aliphatic rings. The van der Waals surface area contributed by atoms with Crippen LogP contribution < -0.4 is 10.0 Å². The standard InChI is InChI=1S/C11H25N3O2S/c1-4-7-12-11-6-8-14(9-10(11)3)17(15,16)13-5-2/h10-13H,4-9H2,1-3H3. The van der Waals surface area contributed by atoms with Gasteiger partial charge in [-0.05, 0) is 25.3 Å². The summed E-state index contributed by atoms with van der Waals surface area (Å²) in [5.74, 6) is 0.365. The minimum Gasteiger partial charge on any atom is -0.314 e. The molecule has 1 rings (SSSR count). The zero-order valence-electron chi connectivity index (χ0n) is 11.1. The molecule has 0 bridgehead atoms. The Bertz CT molecular complexity index is 319. The third kappa shape index (κ3) is 4.21. The number of hydrogen-bond donors (Lipinski definition) is 2. The Morgan fingerprint density at radius 1 is 1.35 bits per heavy atom. The van der Waals surface area contributed by atoms with Crippen LogP contribution >= 0.6 is 0 Å². The van der Waals surface area contributed by atoms with Crippen molar-refractivity contribution in [3.63, 3.8) is 0 Å². The highest BCUT2D eigenvalue weighted by molar-refractivity contribution is 7.87. The molecule has 1 fully saturated rings. The van der Waals surface area contributed by atoms with Gasteiger partial charge in [-0.1, -0.05) is 20.8 Å². The zero-order chi connectivity index (χ0) is 12.9. The first kappa shape index (κ1) is 14.9. The number of rotatable bonds is 6. The SMILES string of the molecule is CCCNC1CCN(S(=O)(=O)NCC)CC1C. The molecule has 0 saturated carbocycles. The quantitative estimate of drug-likeness (QED) is 0.736. The van der Waals surface area contributed by atoms with Crippen LogP contribution in [0.1, 0.15) is 33.6 Å². The molecule has 6 heteroatoms. The van der Waals surface area contributed by atoms with E-state index in [1.807, 2.05) is 0 Å². The molecule has 2 unspecified atom stereocenters. The molecule has 0 radical (unpaired) electrons. The van der Waals surface area contributed by atoms with Crippen LogP contribution in [0.2, 0.25) is 0 Å². The lowest BCUT2D eigenvalue weighted by Crippen LogP contribution is -2.52. The molecule has 0 aromatic heterocycles. The lowest BCUT2D eigenvalue weighted by molar-refractivity contribution is 0.219. The first-order valence-electron chi connectivity index (χ1n) is 6.49. The molecule has 1 saturated heterocycles. The van der Waals surface area contributed by atoms with Gasteiger partial charge in [-0.2, -0.15) is 12.7 Å². The van der Waals surface area contributed by atoms with Gasteiger partial charge >= 0.3 is 0 Å². The van der Waals surface area contributed by atoms with Crippen molar-refractivity contribution in [3.05, 3.63) is 0 Å². The molecular weight excluding hydrogens is 238 g/mol. The van der Waals surface area contributed by atoms with Crippen molar-refractivity contribution < 1.29 is 8.42 Å². The molecule has 0 amide bonds. The van der Waals surface area contributed by atoms with Crippen LogP contribution in [-0.2, 0) is 10.2 Å². The van der Waals surface area contributed by atoms with Crippen LogP contribution in [0, 0.1) is 5.92 Å². The summed E-state index contributed by atoms with van der Waals surface area (Å²) in [5.41, 5.74) is 0. The van der Waals surface area contributed by atoms with Gasteiger partial charge in [0.25, 0.3) is 10.2 Å². The normalized spacial score (nSPS) is 27.2. The largest absolute Gasteiger partial charge is 0.314 e. The van der Waals surface area contributed by atoms with E-state index in [0.717, 1.165) is 19.4 Å². The van der Waals surface area contributed by atoms with Crippen molar-refractivity contribution in [3.8, 4) is 0 Å². The van der Waals surface area contributed by atoms with Crippen molar-refractivity contribution in [1.82, 2.24) is 14.3 Å².